The predicted molar refractivity (Wildman–Crippen MR) is 146 cm³/mol. The van der Waals surface area contributed by atoms with Crippen molar-refractivity contribution in [3.8, 4) is 0 Å². The van der Waals surface area contributed by atoms with Gasteiger partial charge in [0, 0.05) is 0 Å². The van der Waals surface area contributed by atoms with Crippen LogP contribution in [0.15, 0.2) is 23.8 Å². The van der Waals surface area contributed by atoms with E-state index in [9.17, 15) is 34.1 Å². The van der Waals surface area contributed by atoms with Gasteiger partial charge in [-0.3, -0.25) is 32.5 Å². The number of imidazole rings is 2. The van der Waals surface area contributed by atoms with Gasteiger partial charge < -0.3 is 50.8 Å². The highest BCUT2D eigenvalue weighted by atomic mass is 31.2. The molecule has 45 heavy (non-hydrogen) atoms. The van der Waals surface area contributed by atoms with Crippen molar-refractivity contribution < 1.29 is 57.5 Å². The number of nitrogen functional groups attached to an aromatic ring is 2. The maximum absolute atomic E-state index is 13.1. The number of aromatic nitrogens is 8. The van der Waals surface area contributed by atoms with Crippen LogP contribution in [-0.2, 0) is 32.4 Å². The maximum Gasteiger partial charge on any atom is 0.472 e. The van der Waals surface area contributed by atoms with Crippen LogP contribution in [0, 0.1) is 0 Å². The summed E-state index contributed by atoms with van der Waals surface area (Å²) in [5.74, 6) is -0.238. The van der Waals surface area contributed by atoms with Gasteiger partial charge in [0.05, 0.1) is 19.3 Å². The molecular formula is C20H26N10O13P2. The second-order valence-electron chi connectivity index (χ2n) is 9.83. The minimum Gasteiger partial charge on any atom is -0.387 e. The summed E-state index contributed by atoms with van der Waals surface area (Å²) < 4.78 is 53.4. The molecule has 2 unspecified atom stereocenters. The summed E-state index contributed by atoms with van der Waals surface area (Å²) >= 11 is 0. The van der Waals surface area contributed by atoms with Gasteiger partial charge in [0.1, 0.15) is 48.7 Å². The fourth-order valence-electron chi connectivity index (χ4n) is 4.88. The van der Waals surface area contributed by atoms with Crippen LogP contribution in [0.3, 0.4) is 0 Å². The number of nitrogens with zero attached hydrogens (tertiary/aromatic N) is 7. The van der Waals surface area contributed by atoms with Gasteiger partial charge in [0.15, 0.2) is 41.4 Å². The molecule has 4 aromatic heterocycles. The number of hydrogen-bond donors (Lipinski definition) is 8. The van der Waals surface area contributed by atoms with Crippen LogP contribution >= 0.6 is 15.9 Å². The minimum atomic E-state index is -5.16. The molecule has 10 atom stereocenters. The average molecular weight is 676 g/mol. The molecule has 6 heterocycles. The van der Waals surface area contributed by atoms with Crippen molar-refractivity contribution in [1.82, 2.24) is 39.0 Å². The van der Waals surface area contributed by atoms with E-state index in [0.29, 0.717) is 0 Å². The number of anilines is 2. The second kappa shape index (κ2) is 12.1. The number of fused-ring (bicyclic) bond motifs is 2. The lowest BCUT2D eigenvalue weighted by atomic mass is 10.1. The Bertz CT molecular complexity index is 1850. The molecule has 23 nitrogen and oxygen atoms in total. The van der Waals surface area contributed by atoms with Crippen molar-refractivity contribution in [2.75, 3.05) is 24.4 Å². The molecule has 0 saturated carbocycles. The average Bonchev–Trinajstić information content (AvgIpc) is 3.73. The molecule has 25 heteroatoms. The standard InChI is InChI=1S/C20H26N10O13P2/c21-13-7-14(24-2-23-13)29(3-25-7)17-10(32)9(31)6(41-17)1-40-45(37,38)43-12-11(33)19(39-5-44(35)36)42-18(12)30-4-26-8-15(30)27-20(22)28-16(8)34/h2-4,6,9-12,17-19,31-33,44H,1,5H2,(H,35,36)(H,37,38)(H2,21,23,24)(H3,22,27,28,34)/t6-,9+,10+,11-,12+,17-,18-,19+/m1/s1. The first-order chi connectivity index (χ1) is 21.3. The highest BCUT2D eigenvalue weighted by molar-refractivity contribution is 7.47. The number of H-pyrrole nitrogens is 1. The van der Waals surface area contributed by atoms with E-state index in [4.69, 9.17) is 39.6 Å². The van der Waals surface area contributed by atoms with Crippen molar-refractivity contribution >= 4 is 49.9 Å². The van der Waals surface area contributed by atoms with Crippen molar-refractivity contribution in [3.63, 3.8) is 0 Å². The van der Waals surface area contributed by atoms with E-state index in [-0.39, 0.29) is 34.1 Å². The topological polar surface area (TPSA) is 341 Å². The van der Waals surface area contributed by atoms with Gasteiger partial charge in [-0.15, -0.1) is 0 Å². The van der Waals surface area contributed by atoms with E-state index in [1.807, 2.05) is 0 Å². The lowest BCUT2D eigenvalue weighted by Crippen LogP contribution is -2.36. The third kappa shape index (κ3) is 5.96. The monoisotopic (exact) mass is 676 g/mol. The van der Waals surface area contributed by atoms with Gasteiger partial charge >= 0.3 is 7.82 Å². The molecule has 2 aliphatic rings. The number of aliphatic hydroxyl groups is 3. The van der Waals surface area contributed by atoms with Gasteiger partial charge in [0.25, 0.3) is 5.56 Å². The highest BCUT2D eigenvalue weighted by Crippen LogP contribution is 2.50. The number of aliphatic hydroxyl groups excluding tert-OH is 3. The van der Waals surface area contributed by atoms with Crippen molar-refractivity contribution in [1.29, 1.82) is 0 Å². The summed E-state index contributed by atoms with van der Waals surface area (Å²) in [6, 6.07) is 0. The Kier molecular flexibility index (Phi) is 8.45. The van der Waals surface area contributed by atoms with Crippen LogP contribution in [0.25, 0.3) is 22.3 Å². The first-order valence-corrected chi connectivity index (χ1v) is 15.9. The Balaban J connectivity index is 1.20. The Morgan fingerprint density at radius 2 is 1.71 bits per heavy atom. The molecule has 0 aliphatic carbocycles. The first kappa shape index (κ1) is 31.5. The lowest BCUT2D eigenvalue weighted by Gasteiger charge is -2.24. The van der Waals surface area contributed by atoms with E-state index in [0.717, 1.165) is 17.2 Å². The normalized spacial score (nSPS) is 30.7. The molecule has 6 rings (SSSR count). The molecule has 4 aromatic rings. The molecule has 0 spiro atoms. The fraction of sp³-hybridized carbons (Fsp3) is 0.500. The molecule has 2 fully saturated rings. The summed E-state index contributed by atoms with van der Waals surface area (Å²) in [6.45, 7) is -0.797. The van der Waals surface area contributed by atoms with Gasteiger partial charge in [-0.25, -0.2) is 24.5 Å². The zero-order valence-corrected chi connectivity index (χ0v) is 24.4. The molecular weight excluding hydrogens is 650 g/mol. The third-order valence-electron chi connectivity index (χ3n) is 6.92. The van der Waals surface area contributed by atoms with Crippen molar-refractivity contribution in [3.05, 3.63) is 29.3 Å². The van der Waals surface area contributed by atoms with E-state index in [1.165, 1.54) is 10.9 Å². The molecule has 10 N–H and O–H groups in total. The molecule has 2 aliphatic heterocycles. The lowest BCUT2D eigenvalue weighted by molar-refractivity contribution is -0.166. The number of ether oxygens (including phenoxy) is 3. The van der Waals surface area contributed by atoms with Crippen LogP contribution in [0.2, 0.25) is 0 Å². The summed E-state index contributed by atoms with van der Waals surface area (Å²) in [4.78, 5) is 54.1. The van der Waals surface area contributed by atoms with Crippen LogP contribution in [0.4, 0.5) is 11.8 Å². The number of rotatable bonds is 10. The van der Waals surface area contributed by atoms with Gasteiger partial charge in [-0.1, -0.05) is 0 Å². The van der Waals surface area contributed by atoms with E-state index in [1.54, 1.807) is 0 Å². The first-order valence-electron chi connectivity index (χ1n) is 12.8. The zero-order chi connectivity index (χ0) is 32.2. The molecule has 2 saturated heterocycles. The second-order valence-corrected chi connectivity index (χ2v) is 12.3. The Hall–Kier alpha value is -3.44. The Labute approximate surface area is 249 Å². The van der Waals surface area contributed by atoms with Crippen LogP contribution in [0.5, 0.6) is 0 Å². The highest BCUT2D eigenvalue weighted by Gasteiger charge is 2.51. The number of aromatic amines is 1. The maximum atomic E-state index is 13.1. The summed E-state index contributed by atoms with van der Waals surface area (Å²) in [6.07, 6.45) is -9.93. The molecule has 244 valence electrons. The summed E-state index contributed by atoms with van der Waals surface area (Å²) in [5, 5.41) is 32.1. The smallest absolute Gasteiger partial charge is 0.387 e. The van der Waals surface area contributed by atoms with Gasteiger partial charge in [-0.05, 0) is 0 Å². The van der Waals surface area contributed by atoms with E-state index < -0.39 is 83.6 Å². The SMILES string of the molecule is Nc1nc2c(ncn2[C@@H]2O[C@H](OC[PH](=O)O)[C@H](O)[C@@H]2OP(=O)(O)OC[C@H]2O[C@@H](n3cnc4c(N)ncnc43)[C@@H](O)[C@H]2O)c(=O)[nH]1. The van der Waals surface area contributed by atoms with Gasteiger partial charge in [-0.2, -0.15) is 4.98 Å². The van der Waals surface area contributed by atoms with E-state index >= 15 is 0 Å². The van der Waals surface area contributed by atoms with Gasteiger partial charge in [0.2, 0.25) is 14.0 Å². The Morgan fingerprint density at radius 3 is 2.44 bits per heavy atom. The van der Waals surface area contributed by atoms with Crippen LogP contribution in [0.1, 0.15) is 12.5 Å². The molecule has 0 radical (unpaired) electrons. The zero-order valence-electron chi connectivity index (χ0n) is 22.5. The number of hydrogen-bond acceptors (Lipinski definition) is 18. The predicted octanol–water partition coefficient (Wildman–Crippen LogP) is -3.10. The summed E-state index contributed by atoms with van der Waals surface area (Å²) in [7, 11) is -8.34. The molecule has 0 aromatic carbocycles. The van der Waals surface area contributed by atoms with Crippen LogP contribution < -0.4 is 17.0 Å². The number of nitrogens with one attached hydrogen (secondary N) is 1. The largest absolute Gasteiger partial charge is 0.472 e. The Morgan fingerprint density at radius 1 is 1.00 bits per heavy atom. The van der Waals surface area contributed by atoms with Crippen molar-refractivity contribution in [2.45, 2.75) is 49.3 Å². The van der Waals surface area contributed by atoms with Crippen molar-refractivity contribution in [2.24, 2.45) is 0 Å². The number of nitrogens with two attached hydrogens (primary N) is 2. The number of phosphoric acid groups is 1. The third-order valence-corrected chi connectivity index (χ3v) is 8.32. The molecule has 0 amide bonds. The minimum absolute atomic E-state index is 0.0644. The number of phosphoric ester groups is 1. The molecule has 0 bridgehead atoms. The fourth-order valence-corrected chi connectivity index (χ4v) is 6.12. The van der Waals surface area contributed by atoms with E-state index in [2.05, 4.69) is 29.9 Å². The quantitative estimate of drug-likeness (QED) is 0.0771. The van der Waals surface area contributed by atoms with Crippen LogP contribution in [-0.4, -0.2) is 114 Å². The summed E-state index contributed by atoms with van der Waals surface area (Å²) in [5.41, 5.74) is 10.7.